The molecule has 0 spiro atoms. The predicted molar refractivity (Wildman–Crippen MR) is 64.5 cm³/mol. The van der Waals surface area contributed by atoms with Crippen molar-refractivity contribution in [3.05, 3.63) is 44.9 Å². The molecule has 0 bridgehead atoms. The van der Waals surface area contributed by atoms with Crippen molar-refractivity contribution in [3.8, 4) is 0 Å². The molecule has 0 saturated heterocycles. The largest absolute Gasteiger partial charge is 0.364 e. The molecule has 2 heterocycles. The molecule has 0 aromatic carbocycles. The molecule has 0 aliphatic rings. The van der Waals surface area contributed by atoms with Crippen LogP contribution in [0.2, 0.25) is 5.15 Å². The summed E-state index contributed by atoms with van der Waals surface area (Å²) in [7, 11) is 0. The standard InChI is InChI=1S/C10H9ClN4O3/c1-6-2-7(14-18-6)5-12-10-4-8(15(16)17)3-9(11)13-10/h2-4H,5H2,1H3,(H,12,13). The number of aromatic nitrogens is 2. The minimum atomic E-state index is -0.529. The molecule has 1 N–H and O–H groups in total. The summed E-state index contributed by atoms with van der Waals surface area (Å²) in [6.07, 6.45) is 0. The highest BCUT2D eigenvalue weighted by molar-refractivity contribution is 6.29. The van der Waals surface area contributed by atoms with Crippen molar-refractivity contribution in [1.82, 2.24) is 10.1 Å². The number of halogens is 1. The first-order valence-corrected chi connectivity index (χ1v) is 5.40. The molecule has 7 nitrogen and oxygen atoms in total. The summed E-state index contributed by atoms with van der Waals surface area (Å²) in [5.74, 6) is 1.01. The summed E-state index contributed by atoms with van der Waals surface area (Å²) in [4.78, 5) is 14.0. The van der Waals surface area contributed by atoms with Gasteiger partial charge in [0.15, 0.2) is 0 Å². The Morgan fingerprint density at radius 2 is 2.28 bits per heavy atom. The number of rotatable bonds is 4. The van der Waals surface area contributed by atoms with Gasteiger partial charge < -0.3 is 9.84 Å². The summed E-state index contributed by atoms with van der Waals surface area (Å²) >= 11 is 5.69. The summed E-state index contributed by atoms with van der Waals surface area (Å²) in [5.41, 5.74) is 0.561. The molecule has 0 saturated carbocycles. The Hall–Kier alpha value is -2.15. The van der Waals surface area contributed by atoms with Crippen LogP contribution in [0.1, 0.15) is 11.5 Å². The zero-order chi connectivity index (χ0) is 13.1. The molecule has 18 heavy (non-hydrogen) atoms. The maximum Gasteiger partial charge on any atom is 0.276 e. The Labute approximate surface area is 107 Å². The van der Waals surface area contributed by atoms with Gasteiger partial charge in [-0.05, 0) is 6.92 Å². The van der Waals surface area contributed by atoms with Crippen LogP contribution in [0.25, 0.3) is 0 Å². The highest BCUT2D eigenvalue weighted by Crippen LogP contribution is 2.20. The Morgan fingerprint density at radius 1 is 1.50 bits per heavy atom. The molecule has 0 unspecified atom stereocenters. The van der Waals surface area contributed by atoms with Gasteiger partial charge in [0.25, 0.3) is 5.69 Å². The van der Waals surface area contributed by atoms with E-state index in [9.17, 15) is 10.1 Å². The highest BCUT2D eigenvalue weighted by atomic mass is 35.5. The lowest BCUT2D eigenvalue weighted by molar-refractivity contribution is -0.384. The molecular formula is C10H9ClN4O3. The smallest absolute Gasteiger partial charge is 0.276 e. The van der Waals surface area contributed by atoms with Crippen LogP contribution in [0, 0.1) is 17.0 Å². The molecule has 0 atom stereocenters. The second kappa shape index (κ2) is 5.01. The zero-order valence-electron chi connectivity index (χ0n) is 9.38. The van der Waals surface area contributed by atoms with E-state index in [4.69, 9.17) is 16.1 Å². The lowest BCUT2D eigenvalue weighted by Gasteiger charge is -2.03. The third kappa shape index (κ3) is 2.95. The normalized spacial score (nSPS) is 10.3. The van der Waals surface area contributed by atoms with Crippen LogP contribution in [0.5, 0.6) is 0 Å². The number of pyridine rings is 1. The van der Waals surface area contributed by atoms with Crippen LogP contribution in [0.3, 0.4) is 0 Å². The van der Waals surface area contributed by atoms with Crippen molar-refractivity contribution in [1.29, 1.82) is 0 Å². The Morgan fingerprint density at radius 3 is 2.89 bits per heavy atom. The van der Waals surface area contributed by atoms with Gasteiger partial charge >= 0.3 is 0 Å². The number of anilines is 1. The van der Waals surface area contributed by atoms with Crippen LogP contribution < -0.4 is 5.32 Å². The van der Waals surface area contributed by atoms with Crippen molar-refractivity contribution < 1.29 is 9.45 Å². The van der Waals surface area contributed by atoms with E-state index in [1.54, 1.807) is 13.0 Å². The van der Waals surface area contributed by atoms with Crippen molar-refractivity contribution in [2.45, 2.75) is 13.5 Å². The molecule has 0 aliphatic heterocycles. The second-order valence-electron chi connectivity index (χ2n) is 3.57. The Kier molecular flexibility index (Phi) is 3.42. The third-order valence-corrected chi connectivity index (χ3v) is 2.31. The number of nitro groups is 1. The summed E-state index contributed by atoms with van der Waals surface area (Å²) < 4.78 is 4.89. The second-order valence-corrected chi connectivity index (χ2v) is 3.96. The van der Waals surface area contributed by atoms with E-state index < -0.39 is 4.92 Å². The maximum absolute atomic E-state index is 10.6. The summed E-state index contributed by atoms with van der Waals surface area (Å²) in [6.45, 7) is 2.13. The van der Waals surface area contributed by atoms with E-state index >= 15 is 0 Å². The topological polar surface area (TPSA) is 94.1 Å². The molecule has 0 amide bonds. The first-order valence-electron chi connectivity index (χ1n) is 5.02. The van der Waals surface area contributed by atoms with Gasteiger partial charge in [0.05, 0.1) is 23.6 Å². The first kappa shape index (κ1) is 12.3. The highest BCUT2D eigenvalue weighted by Gasteiger charge is 2.10. The van der Waals surface area contributed by atoms with E-state index in [-0.39, 0.29) is 10.8 Å². The molecule has 2 rings (SSSR count). The zero-order valence-corrected chi connectivity index (χ0v) is 10.1. The fourth-order valence-corrected chi connectivity index (χ4v) is 1.56. The van der Waals surface area contributed by atoms with Gasteiger partial charge in [-0.1, -0.05) is 16.8 Å². The van der Waals surface area contributed by atoms with Gasteiger partial charge in [0.1, 0.15) is 22.4 Å². The lowest BCUT2D eigenvalue weighted by atomic mass is 10.3. The van der Waals surface area contributed by atoms with Crippen molar-refractivity contribution in [2.75, 3.05) is 5.32 Å². The fraction of sp³-hybridized carbons (Fsp3) is 0.200. The van der Waals surface area contributed by atoms with Crippen LogP contribution in [0.4, 0.5) is 11.5 Å². The van der Waals surface area contributed by atoms with Crippen molar-refractivity contribution in [3.63, 3.8) is 0 Å². The summed E-state index contributed by atoms with van der Waals surface area (Å²) in [5, 5.41) is 17.4. The van der Waals surface area contributed by atoms with E-state index in [0.29, 0.717) is 23.8 Å². The number of hydrogen-bond donors (Lipinski definition) is 1. The molecule has 2 aromatic rings. The average Bonchev–Trinajstić information content (AvgIpc) is 2.72. The van der Waals surface area contributed by atoms with Crippen molar-refractivity contribution in [2.24, 2.45) is 0 Å². The van der Waals surface area contributed by atoms with E-state index in [2.05, 4.69) is 15.5 Å². The Bertz CT molecular complexity index is 584. The van der Waals surface area contributed by atoms with Gasteiger partial charge in [-0.3, -0.25) is 10.1 Å². The number of nitrogens with one attached hydrogen (secondary N) is 1. The number of hydrogen-bond acceptors (Lipinski definition) is 6. The molecule has 94 valence electrons. The van der Waals surface area contributed by atoms with E-state index in [1.165, 1.54) is 12.1 Å². The molecular weight excluding hydrogens is 260 g/mol. The van der Waals surface area contributed by atoms with Crippen LogP contribution in [-0.2, 0) is 6.54 Å². The number of nitrogens with zero attached hydrogens (tertiary/aromatic N) is 3. The third-order valence-electron chi connectivity index (χ3n) is 2.12. The minimum Gasteiger partial charge on any atom is -0.364 e. The fourth-order valence-electron chi connectivity index (χ4n) is 1.36. The van der Waals surface area contributed by atoms with Gasteiger partial charge in [0, 0.05) is 6.07 Å². The molecule has 0 fully saturated rings. The van der Waals surface area contributed by atoms with Crippen LogP contribution in [0.15, 0.2) is 22.7 Å². The summed E-state index contributed by atoms with van der Waals surface area (Å²) in [6, 6.07) is 4.25. The molecule has 2 aromatic heterocycles. The van der Waals surface area contributed by atoms with Gasteiger partial charge in [-0.2, -0.15) is 0 Å². The number of aryl methyl sites for hydroxylation is 1. The molecule has 0 radical (unpaired) electrons. The van der Waals surface area contributed by atoms with E-state index in [0.717, 1.165) is 0 Å². The van der Waals surface area contributed by atoms with E-state index in [1.807, 2.05) is 0 Å². The van der Waals surface area contributed by atoms with Gasteiger partial charge in [-0.25, -0.2) is 4.98 Å². The SMILES string of the molecule is Cc1cc(CNc2cc([N+](=O)[O-])cc(Cl)n2)no1. The van der Waals surface area contributed by atoms with Crippen LogP contribution in [-0.4, -0.2) is 15.1 Å². The lowest BCUT2D eigenvalue weighted by Crippen LogP contribution is -2.02. The molecule has 8 heteroatoms. The first-order chi connectivity index (χ1) is 8.54. The minimum absolute atomic E-state index is 0.0584. The maximum atomic E-state index is 10.6. The van der Waals surface area contributed by atoms with Crippen LogP contribution >= 0.6 is 11.6 Å². The monoisotopic (exact) mass is 268 g/mol. The quantitative estimate of drug-likeness (QED) is 0.520. The van der Waals surface area contributed by atoms with Gasteiger partial charge in [-0.15, -0.1) is 0 Å². The average molecular weight is 269 g/mol. The molecule has 0 aliphatic carbocycles. The van der Waals surface area contributed by atoms with Crippen molar-refractivity contribution >= 4 is 23.1 Å². The predicted octanol–water partition coefficient (Wildman–Crippen LogP) is 2.55. The Balaban J connectivity index is 2.11. The van der Waals surface area contributed by atoms with Gasteiger partial charge in [0.2, 0.25) is 0 Å².